The Labute approximate surface area is 144 Å². The van der Waals surface area contributed by atoms with E-state index in [9.17, 15) is 28.1 Å². The number of anilines is 1. The van der Waals surface area contributed by atoms with Crippen molar-refractivity contribution in [2.24, 2.45) is 0 Å². The average Bonchev–Trinajstić information content (AvgIpc) is 2.74. The summed E-state index contributed by atoms with van der Waals surface area (Å²) < 4.78 is 40.1. The van der Waals surface area contributed by atoms with Crippen molar-refractivity contribution in [3.63, 3.8) is 0 Å². The number of aryl methyl sites for hydroxylation is 1. The number of aromatic nitrogens is 2. The molecule has 0 radical (unpaired) electrons. The topological polar surface area (TPSA) is 90.1 Å². The lowest BCUT2D eigenvalue weighted by Gasteiger charge is -2.14. The molecule has 2 rings (SSSR count). The number of nitro groups is 1. The van der Waals surface area contributed by atoms with Gasteiger partial charge in [0.2, 0.25) is 5.91 Å². The van der Waals surface area contributed by atoms with Crippen molar-refractivity contribution in [1.29, 1.82) is 0 Å². The molecule has 11 heteroatoms. The molecule has 0 bridgehead atoms. The number of halogens is 4. The van der Waals surface area contributed by atoms with Gasteiger partial charge in [0.15, 0.2) is 0 Å². The van der Waals surface area contributed by atoms with Gasteiger partial charge in [0.05, 0.1) is 16.2 Å². The van der Waals surface area contributed by atoms with Crippen molar-refractivity contribution < 1.29 is 22.9 Å². The van der Waals surface area contributed by atoms with Crippen molar-refractivity contribution in [1.82, 2.24) is 9.78 Å². The van der Waals surface area contributed by atoms with Crippen molar-refractivity contribution in [2.75, 3.05) is 5.32 Å². The zero-order chi connectivity index (χ0) is 18.9. The molecule has 0 aliphatic carbocycles. The Bertz CT molecular complexity index is 849. The number of carbonyl (C=O) groups is 1. The zero-order valence-corrected chi connectivity index (χ0v) is 13.8. The first-order valence-electron chi connectivity index (χ1n) is 6.85. The lowest BCUT2D eigenvalue weighted by atomic mass is 10.1. The van der Waals surface area contributed by atoms with Crippen LogP contribution >= 0.6 is 11.6 Å². The van der Waals surface area contributed by atoms with Crippen LogP contribution in [0.3, 0.4) is 0 Å². The van der Waals surface area contributed by atoms with Crippen LogP contribution in [0.2, 0.25) is 5.02 Å². The number of benzene rings is 1. The number of hydrogen-bond donors (Lipinski definition) is 1. The van der Waals surface area contributed by atoms with E-state index < -0.39 is 34.8 Å². The second-order valence-corrected chi connectivity index (χ2v) is 5.61. The number of amides is 1. The zero-order valence-electron chi connectivity index (χ0n) is 13.0. The molecule has 25 heavy (non-hydrogen) atoms. The standard InChI is InChI=1S/C14H12ClF3N4O3/c1-7-13(22(24)25)8(2)21(20-7)6-12(23)19-11-4-3-9(15)5-10(11)14(16,17)18/h3-5H,6H2,1-2H3,(H,19,23). The van der Waals surface area contributed by atoms with Crippen LogP contribution in [-0.2, 0) is 17.5 Å². The predicted octanol–water partition coefficient (Wildman–Crippen LogP) is 3.72. The lowest BCUT2D eigenvalue weighted by Crippen LogP contribution is -2.22. The Morgan fingerprint density at radius 2 is 2.04 bits per heavy atom. The molecule has 0 atom stereocenters. The Morgan fingerprint density at radius 1 is 1.40 bits per heavy atom. The smallest absolute Gasteiger partial charge is 0.324 e. The maximum atomic E-state index is 13.0. The molecule has 1 aromatic heterocycles. The highest BCUT2D eigenvalue weighted by atomic mass is 35.5. The van der Waals surface area contributed by atoms with Crippen molar-refractivity contribution >= 4 is 28.9 Å². The van der Waals surface area contributed by atoms with Crippen LogP contribution in [0.1, 0.15) is 17.0 Å². The van der Waals surface area contributed by atoms with E-state index in [2.05, 4.69) is 10.4 Å². The van der Waals surface area contributed by atoms with E-state index in [4.69, 9.17) is 11.6 Å². The molecule has 2 aromatic rings. The first-order valence-corrected chi connectivity index (χ1v) is 7.23. The number of carbonyl (C=O) groups excluding carboxylic acids is 1. The van der Waals surface area contributed by atoms with E-state index in [1.54, 1.807) is 0 Å². The average molecular weight is 377 g/mol. The quantitative estimate of drug-likeness (QED) is 0.650. The second kappa shape index (κ2) is 6.71. The third kappa shape index (κ3) is 4.08. The fourth-order valence-corrected chi connectivity index (χ4v) is 2.46. The minimum atomic E-state index is -4.70. The summed E-state index contributed by atoms with van der Waals surface area (Å²) in [6.45, 7) is 2.33. The monoisotopic (exact) mass is 376 g/mol. The van der Waals surface area contributed by atoms with E-state index in [0.717, 1.165) is 10.7 Å². The number of nitrogens with one attached hydrogen (secondary N) is 1. The van der Waals surface area contributed by atoms with Crippen LogP contribution in [0, 0.1) is 24.0 Å². The first kappa shape index (κ1) is 18.7. The van der Waals surface area contributed by atoms with Crippen molar-refractivity contribution in [3.05, 3.63) is 50.3 Å². The van der Waals surface area contributed by atoms with Gasteiger partial charge in [0.25, 0.3) is 0 Å². The van der Waals surface area contributed by atoms with E-state index in [1.807, 2.05) is 0 Å². The van der Waals surface area contributed by atoms with Crippen LogP contribution in [-0.4, -0.2) is 20.6 Å². The van der Waals surface area contributed by atoms with Gasteiger partial charge in [-0.05, 0) is 32.0 Å². The largest absolute Gasteiger partial charge is 0.418 e. The normalized spacial score (nSPS) is 11.4. The molecule has 0 aliphatic rings. The molecule has 0 saturated carbocycles. The Balaban J connectivity index is 2.25. The highest BCUT2D eigenvalue weighted by Crippen LogP contribution is 2.36. The third-order valence-electron chi connectivity index (χ3n) is 3.38. The number of hydrogen-bond acceptors (Lipinski definition) is 4. The maximum Gasteiger partial charge on any atom is 0.418 e. The van der Waals surface area contributed by atoms with E-state index in [0.29, 0.717) is 6.07 Å². The summed E-state index contributed by atoms with van der Waals surface area (Å²) >= 11 is 5.57. The van der Waals surface area contributed by atoms with Crippen molar-refractivity contribution in [2.45, 2.75) is 26.6 Å². The van der Waals surface area contributed by atoms with Gasteiger partial charge in [-0.1, -0.05) is 11.6 Å². The van der Waals surface area contributed by atoms with Gasteiger partial charge in [-0.2, -0.15) is 18.3 Å². The maximum absolute atomic E-state index is 13.0. The number of nitrogens with zero attached hydrogens (tertiary/aromatic N) is 3. The van der Waals surface area contributed by atoms with E-state index in [-0.39, 0.29) is 22.1 Å². The molecule has 1 heterocycles. The Hall–Kier alpha value is -2.62. The summed E-state index contributed by atoms with van der Waals surface area (Å²) in [6.07, 6.45) is -4.70. The van der Waals surface area contributed by atoms with Gasteiger partial charge in [-0.3, -0.25) is 19.6 Å². The fourth-order valence-electron chi connectivity index (χ4n) is 2.29. The summed E-state index contributed by atoms with van der Waals surface area (Å²) in [4.78, 5) is 22.3. The molecule has 0 aliphatic heterocycles. The first-order chi connectivity index (χ1) is 11.5. The molecule has 1 amide bonds. The van der Waals surface area contributed by atoms with Crippen LogP contribution in [0.25, 0.3) is 0 Å². The summed E-state index contributed by atoms with van der Waals surface area (Å²) in [7, 11) is 0. The molecular weight excluding hydrogens is 365 g/mol. The third-order valence-corrected chi connectivity index (χ3v) is 3.62. The highest BCUT2D eigenvalue weighted by Gasteiger charge is 2.34. The fraction of sp³-hybridized carbons (Fsp3) is 0.286. The lowest BCUT2D eigenvalue weighted by molar-refractivity contribution is -0.386. The number of rotatable bonds is 4. The van der Waals surface area contributed by atoms with Gasteiger partial charge < -0.3 is 5.32 Å². The molecule has 1 aromatic carbocycles. The van der Waals surface area contributed by atoms with Gasteiger partial charge >= 0.3 is 11.9 Å². The van der Waals surface area contributed by atoms with Crippen LogP contribution in [0.15, 0.2) is 18.2 Å². The molecule has 134 valence electrons. The van der Waals surface area contributed by atoms with Crippen LogP contribution < -0.4 is 5.32 Å². The van der Waals surface area contributed by atoms with Gasteiger partial charge in [-0.15, -0.1) is 0 Å². The molecule has 0 unspecified atom stereocenters. The second-order valence-electron chi connectivity index (χ2n) is 5.17. The predicted molar refractivity (Wildman–Crippen MR) is 83.4 cm³/mol. The van der Waals surface area contributed by atoms with Crippen LogP contribution in [0.5, 0.6) is 0 Å². The summed E-state index contributed by atoms with van der Waals surface area (Å²) in [5.41, 5.74) is -1.55. The molecule has 0 spiro atoms. The summed E-state index contributed by atoms with van der Waals surface area (Å²) in [6, 6.07) is 2.94. The van der Waals surface area contributed by atoms with Gasteiger partial charge in [0.1, 0.15) is 17.9 Å². The van der Waals surface area contributed by atoms with Gasteiger partial charge in [0, 0.05) is 5.02 Å². The summed E-state index contributed by atoms with van der Waals surface area (Å²) in [5.74, 6) is -0.812. The van der Waals surface area contributed by atoms with Gasteiger partial charge in [-0.25, -0.2) is 0 Å². The minimum absolute atomic E-state index is 0.109. The molecule has 7 nitrogen and oxygen atoms in total. The molecule has 0 saturated heterocycles. The molecular formula is C14H12ClF3N4O3. The summed E-state index contributed by atoms with van der Waals surface area (Å²) in [5, 5.41) is 16.8. The van der Waals surface area contributed by atoms with E-state index in [1.165, 1.54) is 19.9 Å². The van der Waals surface area contributed by atoms with E-state index >= 15 is 0 Å². The van der Waals surface area contributed by atoms with Crippen molar-refractivity contribution in [3.8, 4) is 0 Å². The number of alkyl halides is 3. The molecule has 0 fully saturated rings. The highest BCUT2D eigenvalue weighted by molar-refractivity contribution is 6.30. The Morgan fingerprint density at radius 3 is 2.56 bits per heavy atom. The minimum Gasteiger partial charge on any atom is -0.324 e. The molecule has 1 N–H and O–H groups in total. The SMILES string of the molecule is Cc1nn(CC(=O)Nc2ccc(Cl)cc2C(F)(F)F)c(C)c1[N+](=O)[O-]. The Kier molecular flexibility index (Phi) is 5.02. The van der Waals surface area contributed by atoms with Crippen LogP contribution in [0.4, 0.5) is 24.5 Å².